The molecule has 1 N–H and O–H groups in total. The van der Waals surface area contributed by atoms with Crippen molar-refractivity contribution in [1.82, 2.24) is 10.3 Å². The Labute approximate surface area is 96.2 Å². The highest BCUT2D eigenvalue weighted by Gasteiger charge is 2.11. The van der Waals surface area contributed by atoms with E-state index in [1.165, 1.54) is 12.3 Å². The first-order valence-electron chi connectivity index (χ1n) is 4.50. The molecule has 0 radical (unpaired) electrons. The molecule has 0 saturated heterocycles. The number of hydrogen-bond acceptors (Lipinski definition) is 4. The summed E-state index contributed by atoms with van der Waals surface area (Å²) in [5, 5.41) is 13.6. The van der Waals surface area contributed by atoms with Gasteiger partial charge >= 0.3 is 0 Å². The Morgan fingerprint density at radius 3 is 2.87 bits per heavy atom. The van der Waals surface area contributed by atoms with E-state index < -0.39 is 4.92 Å². The second kappa shape index (κ2) is 5.18. The smallest absolute Gasteiger partial charge is 0.288 e. The van der Waals surface area contributed by atoms with E-state index in [-0.39, 0.29) is 11.7 Å². The highest BCUT2D eigenvalue weighted by Crippen LogP contribution is 2.21. The summed E-state index contributed by atoms with van der Waals surface area (Å²) in [6, 6.07) is 1.76. The van der Waals surface area contributed by atoms with Gasteiger partial charge in [-0.1, -0.05) is 0 Å². The third-order valence-corrected chi connectivity index (χ3v) is 2.79. The van der Waals surface area contributed by atoms with Gasteiger partial charge in [-0.05, 0) is 29.9 Å². The van der Waals surface area contributed by atoms with Crippen molar-refractivity contribution in [3.8, 4) is 0 Å². The van der Waals surface area contributed by atoms with Crippen LogP contribution in [0.2, 0.25) is 0 Å². The van der Waals surface area contributed by atoms with E-state index in [1.54, 1.807) is 0 Å². The van der Waals surface area contributed by atoms with Gasteiger partial charge in [0, 0.05) is 23.0 Å². The van der Waals surface area contributed by atoms with Gasteiger partial charge in [-0.15, -0.1) is 0 Å². The number of nitrogens with zero attached hydrogens (tertiary/aromatic N) is 2. The molecule has 0 saturated carbocycles. The van der Waals surface area contributed by atoms with Crippen LogP contribution < -0.4 is 5.32 Å². The second-order valence-electron chi connectivity index (χ2n) is 3.27. The molecule has 0 fully saturated rings. The average Bonchev–Trinajstić information content (AvgIpc) is 2.20. The summed E-state index contributed by atoms with van der Waals surface area (Å²) in [4.78, 5) is 14.1. The maximum atomic E-state index is 10.5. The van der Waals surface area contributed by atoms with Crippen molar-refractivity contribution < 1.29 is 4.92 Å². The highest BCUT2D eigenvalue weighted by molar-refractivity contribution is 9.10. The van der Waals surface area contributed by atoms with Gasteiger partial charge in [-0.25, -0.2) is 0 Å². The molecule has 6 heteroatoms. The van der Waals surface area contributed by atoms with Crippen molar-refractivity contribution >= 4 is 21.6 Å². The standard InChI is InChI=1S/C9H12BrN3O2/c1-6(11-2)3-9-8(10)4-7(5-12-9)13(14)15/h4-6,11H,3H2,1-2H3. The van der Waals surface area contributed by atoms with Gasteiger partial charge in [0.25, 0.3) is 5.69 Å². The fourth-order valence-corrected chi connectivity index (χ4v) is 1.60. The van der Waals surface area contributed by atoms with Crippen LogP contribution in [0.1, 0.15) is 12.6 Å². The van der Waals surface area contributed by atoms with Gasteiger partial charge in [-0.2, -0.15) is 0 Å². The SMILES string of the molecule is CNC(C)Cc1ncc([N+](=O)[O-])cc1Br. The lowest BCUT2D eigenvalue weighted by Gasteiger charge is -2.10. The lowest BCUT2D eigenvalue weighted by Crippen LogP contribution is -2.24. The van der Waals surface area contributed by atoms with Gasteiger partial charge < -0.3 is 5.32 Å². The van der Waals surface area contributed by atoms with Gasteiger partial charge in [0.1, 0.15) is 6.20 Å². The molecule has 1 atom stereocenters. The molecular weight excluding hydrogens is 262 g/mol. The summed E-state index contributed by atoms with van der Waals surface area (Å²) in [5.74, 6) is 0. The van der Waals surface area contributed by atoms with Gasteiger partial charge in [0.2, 0.25) is 0 Å². The molecule has 0 amide bonds. The van der Waals surface area contributed by atoms with Gasteiger partial charge in [0.15, 0.2) is 0 Å². The Balaban J connectivity index is 2.88. The lowest BCUT2D eigenvalue weighted by atomic mass is 10.1. The number of rotatable bonds is 4. The molecule has 0 aromatic carbocycles. The number of nitrogens with one attached hydrogen (secondary N) is 1. The van der Waals surface area contributed by atoms with Crippen LogP contribution in [0.5, 0.6) is 0 Å². The molecule has 1 rings (SSSR count). The fraction of sp³-hybridized carbons (Fsp3) is 0.444. The van der Waals surface area contributed by atoms with E-state index >= 15 is 0 Å². The van der Waals surface area contributed by atoms with Crippen LogP contribution in [0.15, 0.2) is 16.7 Å². The Morgan fingerprint density at radius 1 is 1.73 bits per heavy atom. The summed E-state index contributed by atoms with van der Waals surface area (Å²) in [7, 11) is 1.87. The first-order valence-corrected chi connectivity index (χ1v) is 5.30. The molecule has 0 aliphatic carbocycles. The predicted molar refractivity (Wildman–Crippen MR) is 60.8 cm³/mol. The molecule has 82 valence electrons. The summed E-state index contributed by atoms with van der Waals surface area (Å²) < 4.78 is 0.679. The minimum Gasteiger partial charge on any atom is -0.317 e. The molecule has 0 spiro atoms. The molecule has 0 bridgehead atoms. The van der Waals surface area contributed by atoms with Crippen molar-refractivity contribution in [2.24, 2.45) is 0 Å². The van der Waals surface area contributed by atoms with Crippen LogP contribution >= 0.6 is 15.9 Å². The van der Waals surface area contributed by atoms with E-state index in [1.807, 2.05) is 14.0 Å². The minimum atomic E-state index is -0.455. The van der Waals surface area contributed by atoms with Crippen LogP contribution in [0, 0.1) is 10.1 Å². The Morgan fingerprint density at radius 2 is 2.40 bits per heavy atom. The number of hydrogen-bond donors (Lipinski definition) is 1. The zero-order chi connectivity index (χ0) is 11.4. The molecule has 1 unspecified atom stereocenters. The van der Waals surface area contributed by atoms with E-state index in [0.29, 0.717) is 4.47 Å². The van der Waals surface area contributed by atoms with Crippen molar-refractivity contribution in [3.05, 3.63) is 32.5 Å². The number of nitro groups is 1. The van der Waals surface area contributed by atoms with Crippen molar-refractivity contribution in [3.63, 3.8) is 0 Å². The minimum absolute atomic E-state index is 0.00253. The Bertz CT molecular complexity index is 370. The van der Waals surface area contributed by atoms with Gasteiger partial charge in [0.05, 0.1) is 10.6 Å². The summed E-state index contributed by atoms with van der Waals surface area (Å²) >= 11 is 3.28. The average molecular weight is 274 g/mol. The number of likely N-dealkylation sites (N-methyl/N-ethyl adjacent to an activating group) is 1. The molecule has 1 aromatic rings. The maximum Gasteiger partial charge on any atom is 0.288 e. The first-order chi connectivity index (χ1) is 7.04. The van der Waals surface area contributed by atoms with Crippen molar-refractivity contribution in [2.75, 3.05) is 7.05 Å². The lowest BCUT2D eigenvalue weighted by molar-refractivity contribution is -0.385. The molecule has 1 aromatic heterocycles. The zero-order valence-corrected chi connectivity index (χ0v) is 10.1. The Kier molecular flexibility index (Phi) is 4.16. The van der Waals surface area contributed by atoms with E-state index in [0.717, 1.165) is 12.1 Å². The number of halogens is 1. The zero-order valence-electron chi connectivity index (χ0n) is 8.53. The van der Waals surface area contributed by atoms with Gasteiger partial charge in [-0.3, -0.25) is 15.1 Å². The summed E-state index contributed by atoms with van der Waals surface area (Å²) in [5.41, 5.74) is 0.824. The molecular formula is C9H12BrN3O2. The van der Waals surface area contributed by atoms with Crippen molar-refractivity contribution in [2.45, 2.75) is 19.4 Å². The fourth-order valence-electron chi connectivity index (χ4n) is 1.10. The van der Waals surface area contributed by atoms with E-state index in [4.69, 9.17) is 0 Å². The van der Waals surface area contributed by atoms with E-state index in [9.17, 15) is 10.1 Å². The third-order valence-electron chi connectivity index (χ3n) is 2.11. The third kappa shape index (κ3) is 3.24. The number of pyridine rings is 1. The quantitative estimate of drug-likeness (QED) is 0.672. The second-order valence-corrected chi connectivity index (χ2v) is 4.13. The molecule has 15 heavy (non-hydrogen) atoms. The summed E-state index contributed by atoms with van der Waals surface area (Å²) in [6.45, 7) is 2.02. The van der Waals surface area contributed by atoms with Crippen molar-refractivity contribution in [1.29, 1.82) is 0 Å². The monoisotopic (exact) mass is 273 g/mol. The van der Waals surface area contributed by atoms with E-state index in [2.05, 4.69) is 26.2 Å². The number of aromatic nitrogens is 1. The normalized spacial score (nSPS) is 12.5. The van der Waals surface area contributed by atoms with Crippen LogP contribution in [0.25, 0.3) is 0 Å². The molecule has 5 nitrogen and oxygen atoms in total. The first kappa shape index (κ1) is 12.1. The molecule has 1 heterocycles. The molecule has 0 aliphatic heterocycles. The topological polar surface area (TPSA) is 68.1 Å². The maximum absolute atomic E-state index is 10.5. The van der Waals surface area contributed by atoms with Crippen LogP contribution in [-0.4, -0.2) is 23.0 Å². The predicted octanol–water partition coefficient (Wildman–Crippen LogP) is 1.90. The summed E-state index contributed by atoms with van der Waals surface area (Å²) in [6.07, 6.45) is 2.01. The molecule has 0 aliphatic rings. The highest BCUT2D eigenvalue weighted by atomic mass is 79.9. The largest absolute Gasteiger partial charge is 0.317 e. The Hall–Kier alpha value is -1.01. The van der Waals surface area contributed by atoms with Crippen LogP contribution in [0.4, 0.5) is 5.69 Å². The van der Waals surface area contributed by atoms with Crippen LogP contribution in [-0.2, 0) is 6.42 Å². The van der Waals surface area contributed by atoms with Crippen LogP contribution in [0.3, 0.4) is 0 Å².